The van der Waals surface area contributed by atoms with E-state index in [9.17, 15) is 4.79 Å². The summed E-state index contributed by atoms with van der Waals surface area (Å²) in [6, 6.07) is 17.6. The maximum Gasteiger partial charge on any atom is 0.239 e. The molecule has 1 amide bonds. The van der Waals surface area contributed by atoms with Gasteiger partial charge in [-0.2, -0.15) is 0 Å². The standard InChI is InChI=1S/C22H20N2O3S2/c1-15-5-8-18(9-6-15)28-14-21(25)24(13-17-4-3-11-27-17)22-23-19-10-7-16(26-2)12-20(19)29-22/h3-12H,13-14H2,1-2H3. The molecule has 148 valence electrons. The highest BCUT2D eigenvalue weighted by Gasteiger charge is 2.21. The molecule has 0 aliphatic rings. The minimum atomic E-state index is -0.0157. The summed E-state index contributed by atoms with van der Waals surface area (Å²) in [6.45, 7) is 2.39. The molecule has 0 N–H and O–H groups in total. The van der Waals surface area contributed by atoms with E-state index in [0.29, 0.717) is 17.4 Å². The quantitative estimate of drug-likeness (QED) is 0.365. The molecule has 0 aliphatic heterocycles. The van der Waals surface area contributed by atoms with E-state index >= 15 is 0 Å². The maximum absolute atomic E-state index is 13.1. The average Bonchev–Trinajstić information content (AvgIpc) is 3.40. The second-order valence-corrected chi connectivity index (χ2v) is 8.55. The van der Waals surface area contributed by atoms with Gasteiger partial charge in [-0.05, 0) is 49.4 Å². The molecule has 0 fully saturated rings. The summed E-state index contributed by atoms with van der Waals surface area (Å²) in [5.74, 6) is 1.79. The molecule has 0 atom stereocenters. The van der Waals surface area contributed by atoms with Crippen LogP contribution < -0.4 is 9.64 Å². The summed E-state index contributed by atoms with van der Waals surface area (Å²) < 4.78 is 11.8. The number of benzene rings is 2. The van der Waals surface area contributed by atoms with Crippen molar-refractivity contribution in [3.05, 3.63) is 72.2 Å². The molecule has 0 saturated carbocycles. The monoisotopic (exact) mass is 424 g/mol. The Labute approximate surface area is 177 Å². The second-order valence-electron chi connectivity index (χ2n) is 6.49. The van der Waals surface area contributed by atoms with Crippen molar-refractivity contribution in [2.75, 3.05) is 17.8 Å². The molecule has 29 heavy (non-hydrogen) atoms. The lowest BCUT2D eigenvalue weighted by Crippen LogP contribution is -2.31. The van der Waals surface area contributed by atoms with Crippen LogP contribution in [-0.2, 0) is 11.3 Å². The number of rotatable bonds is 7. The predicted molar refractivity (Wildman–Crippen MR) is 118 cm³/mol. The number of carbonyl (C=O) groups is 1. The minimum Gasteiger partial charge on any atom is -0.497 e. The Balaban J connectivity index is 1.58. The third-order valence-electron chi connectivity index (χ3n) is 4.39. The zero-order valence-electron chi connectivity index (χ0n) is 16.1. The fourth-order valence-electron chi connectivity index (χ4n) is 2.81. The van der Waals surface area contributed by atoms with E-state index in [1.807, 2.05) is 61.5 Å². The molecular weight excluding hydrogens is 404 g/mol. The number of furan rings is 1. The van der Waals surface area contributed by atoms with Gasteiger partial charge in [0.05, 0.1) is 35.9 Å². The molecule has 2 aromatic heterocycles. The van der Waals surface area contributed by atoms with Crippen LogP contribution >= 0.6 is 23.1 Å². The van der Waals surface area contributed by atoms with Gasteiger partial charge in [-0.25, -0.2) is 4.98 Å². The van der Waals surface area contributed by atoms with Gasteiger partial charge >= 0.3 is 0 Å². The van der Waals surface area contributed by atoms with Crippen LogP contribution in [0.4, 0.5) is 5.13 Å². The van der Waals surface area contributed by atoms with E-state index in [2.05, 4.69) is 4.98 Å². The van der Waals surface area contributed by atoms with Crippen LogP contribution in [0.2, 0.25) is 0 Å². The van der Waals surface area contributed by atoms with Gasteiger partial charge in [-0.3, -0.25) is 9.69 Å². The Morgan fingerprint density at radius 1 is 1.21 bits per heavy atom. The fraction of sp³-hybridized carbons (Fsp3) is 0.182. The summed E-state index contributed by atoms with van der Waals surface area (Å²) >= 11 is 2.99. The number of hydrogen-bond acceptors (Lipinski definition) is 6. The van der Waals surface area contributed by atoms with Gasteiger partial charge in [0, 0.05) is 4.90 Å². The fourth-order valence-corrected chi connectivity index (χ4v) is 4.60. The first-order valence-electron chi connectivity index (χ1n) is 9.09. The smallest absolute Gasteiger partial charge is 0.239 e. The van der Waals surface area contributed by atoms with Gasteiger partial charge in [0.25, 0.3) is 0 Å². The first-order valence-corrected chi connectivity index (χ1v) is 10.9. The van der Waals surface area contributed by atoms with Crippen LogP contribution in [0.25, 0.3) is 10.2 Å². The molecule has 5 nitrogen and oxygen atoms in total. The Hall–Kier alpha value is -2.77. The Morgan fingerprint density at radius 3 is 2.76 bits per heavy atom. The van der Waals surface area contributed by atoms with E-state index in [-0.39, 0.29) is 5.91 Å². The van der Waals surface area contributed by atoms with E-state index in [4.69, 9.17) is 9.15 Å². The van der Waals surface area contributed by atoms with Crippen LogP contribution in [0.5, 0.6) is 5.75 Å². The third kappa shape index (κ3) is 4.63. The highest BCUT2D eigenvalue weighted by molar-refractivity contribution is 8.00. The van der Waals surface area contributed by atoms with Gasteiger partial charge in [-0.15, -0.1) is 11.8 Å². The Bertz CT molecular complexity index is 1110. The molecule has 0 bridgehead atoms. The van der Waals surface area contributed by atoms with Crippen LogP contribution in [0.15, 0.2) is 70.2 Å². The minimum absolute atomic E-state index is 0.0157. The molecule has 2 aromatic carbocycles. The topological polar surface area (TPSA) is 55.6 Å². The van der Waals surface area contributed by atoms with E-state index in [0.717, 1.165) is 26.6 Å². The third-order valence-corrected chi connectivity index (χ3v) is 6.43. The predicted octanol–water partition coefficient (Wildman–Crippen LogP) is 5.53. The lowest BCUT2D eigenvalue weighted by Gasteiger charge is -2.18. The van der Waals surface area contributed by atoms with Crippen molar-refractivity contribution in [1.29, 1.82) is 0 Å². The van der Waals surface area contributed by atoms with Crippen LogP contribution in [0, 0.1) is 6.92 Å². The molecule has 0 unspecified atom stereocenters. The van der Waals surface area contributed by atoms with Gasteiger partial charge in [0.15, 0.2) is 5.13 Å². The first-order chi connectivity index (χ1) is 14.1. The van der Waals surface area contributed by atoms with Crippen LogP contribution in [-0.4, -0.2) is 23.8 Å². The van der Waals surface area contributed by atoms with Gasteiger partial charge in [-0.1, -0.05) is 29.0 Å². The molecular formula is C22H20N2O3S2. The van der Waals surface area contributed by atoms with Crippen molar-refractivity contribution < 1.29 is 13.9 Å². The van der Waals surface area contributed by atoms with Gasteiger partial charge in [0.1, 0.15) is 11.5 Å². The first kappa shape index (κ1) is 19.5. The number of carbonyl (C=O) groups excluding carboxylic acids is 1. The largest absolute Gasteiger partial charge is 0.497 e. The summed E-state index contributed by atoms with van der Waals surface area (Å²) in [4.78, 5) is 20.5. The zero-order valence-corrected chi connectivity index (χ0v) is 17.8. The molecule has 0 spiro atoms. The Kier molecular flexibility index (Phi) is 5.87. The number of methoxy groups -OCH3 is 1. The summed E-state index contributed by atoms with van der Waals surface area (Å²) in [5, 5.41) is 0.652. The number of hydrogen-bond donors (Lipinski definition) is 0. The van der Waals surface area contributed by atoms with E-state index in [1.165, 1.54) is 28.7 Å². The number of amides is 1. The number of anilines is 1. The van der Waals surface area contributed by atoms with Crippen molar-refractivity contribution in [3.8, 4) is 5.75 Å². The number of thiazole rings is 1. The van der Waals surface area contributed by atoms with Crippen molar-refractivity contribution in [3.63, 3.8) is 0 Å². The number of nitrogens with zero attached hydrogens (tertiary/aromatic N) is 2. The van der Waals surface area contributed by atoms with Crippen molar-refractivity contribution in [1.82, 2.24) is 4.98 Å². The SMILES string of the molecule is COc1ccc2nc(N(Cc3ccco3)C(=O)CSc3ccc(C)cc3)sc2c1. The highest BCUT2D eigenvalue weighted by Crippen LogP contribution is 2.33. The lowest BCUT2D eigenvalue weighted by atomic mass is 10.2. The highest BCUT2D eigenvalue weighted by atomic mass is 32.2. The van der Waals surface area contributed by atoms with Gasteiger partial charge < -0.3 is 9.15 Å². The normalized spacial score (nSPS) is 11.0. The van der Waals surface area contributed by atoms with Gasteiger partial charge in [0.2, 0.25) is 5.91 Å². The number of ether oxygens (including phenoxy) is 1. The molecule has 0 radical (unpaired) electrons. The zero-order chi connectivity index (χ0) is 20.2. The van der Waals surface area contributed by atoms with Crippen molar-refractivity contribution in [2.45, 2.75) is 18.4 Å². The molecule has 0 saturated heterocycles. The Morgan fingerprint density at radius 2 is 2.03 bits per heavy atom. The van der Waals surface area contributed by atoms with Crippen LogP contribution in [0.1, 0.15) is 11.3 Å². The molecule has 2 heterocycles. The number of thioether (sulfide) groups is 1. The number of aromatic nitrogens is 1. The summed E-state index contributed by atoms with van der Waals surface area (Å²) in [6.07, 6.45) is 1.61. The van der Waals surface area contributed by atoms with Crippen molar-refractivity contribution >= 4 is 44.4 Å². The second kappa shape index (κ2) is 8.71. The van der Waals surface area contributed by atoms with E-state index < -0.39 is 0 Å². The van der Waals surface area contributed by atoms with Crippen LogP contribution in [0.3, 0.4) is 0 Å². The molecule has 7 heteroatoms. The summed E-state index contributed by atoms with van der Waals surface area (Å²) in [5.41, 5.74) is 2.04. The van der Waals surface area contributed by atoms with Crippen molar-refractivity contribution in [2.24, 2.45) is 0 Å². The number of fused-ring (bicyclic) bond motifs is 1. The molecule has 0 aliphatic carbocycles. The summed E-state index contributed by atoms with van der Waals surface area (Å²) in [7, 11) is 1.64. The number of aryl methyl sites for hydroxylation is 1. The molecule has 4 aromatic rings. The average molecular weight is 425 g/mol. The van der Waals surface area contributed by atoms with E-state index in [1.54, 1.807) is 18.3 Å². The lowest BCUT2D eigenvalue weighted by molar-refractivity contribution is -0.116. The molecule has 4 rings (SSSR count). The maximum atomic E-state index is 13.1.